The molecular weight excluding hydrogens is 422 g/mol. The van der Waals surface area contributed by atoms with Crippen molar-refractivity contribution in [3.8, 4) is 24.1 Å². The van der Waals surface area contributed by atoms with Gasteiger partial charge >= 0.3 is 0 Å². The SMILES string of the molecule is C#C.C1CC1.CC(C)(C)P=O.CC(C)(C)n1ncc(CN)c1-c1cc(F)c(F)cc1F. The quantitative estimate of drug-likeness (QED) is 0.312. The fourth-order valence-electron chi connectivity index (χ4n) is 2.03. The number of terminal acetylenes is 1. The van der Waals surface area contributed by atoms with Crippen LogP contribution in [0, 0.1) is 30.3 Å². The fourth-order valence-corrected chi connectivity index (χ4v) is 2.03. The molecule has 0 unspecified atom stereocenters. The minimum atomic E-state index is -1.22. The van der Waals surface area contributed by atoms with Crippen LogP contribution in [-0.4, -0.2) is 14.9 Å². The largest absolute Gasteiger partial charge is 0.326 e. The van der Waals surface area contributed by atoms with Crippen molar-refractivity contribution in [3.05, 3.63) is 41.3 Å². The van der Waals surface area contributed by atoms with E-state index in [4.69, 9.17) is 5.73 Å². The Bertz CT molecular complexity index is 861. The zero-order chi connectivity index (χ0) is 24.4. The second-order valence-electron chi connectivity index (χ2n) is 8.87. The lowest BCUT2D eigenvalue weighted by molar-refractivity contribution is 0.359. The molecule has 1 aliphatic carbocycles. The first-order chi connectivity index (χ1) is 14.3. The van der Waals surface area contributed by atoms with Crippen LogP contribution in [0.3, 0.4) is 0 Å². The number of aromatic nitrogens is 2. The van der Waals surface area contributed by atoms with Crippen molar-refractivity contribution in [1.82, 2.24) is 9.78 Å². The lowest BCUT2D eigenvalue weighted by atomic mass is 10.0. The highest BCUT2D eigenvalue weighted by Gasteiger charge is 2.24. The number of rotatable bonds is 2. The average molecular weight is 456 g/mol. The van der Waals surface area contributed by atoms with Crippen molar-refractivity contribution < 1.29 is 17.7 Å². The van der Waals surface area contributed by atoms with Gasteiger partial charge in [0.1, 0.15) is 5.82 Å². The Labute approximate surface area is 185 Å². The molecule has 172 valence electrons. The molecule has 1 aromatic heterocycles. The standard InChI is InChI=1S/C14H16F3N3.C4H9OP.C3H6.C2H2/c1-14(2,3)20-13(8(6-18)7-19-20)9-4-11(16)12(17)5-10(9)15;1-4(2,3)6-5;1-2-3-1;1-2/h4-5,7H,6,18H2,1-3H3;1-3H3;1-3H2;1-2H. The van der Waals surface area contributed by atoms with Crippen molar-refractivity contribution in [3.63, 3.8) is 0 Å². The maximum atomic E-state index is 14.0. The second-order valence-corrected chi connectivity index (χ2v) is 10.4. The number of hydrogen-bond acceptors (Lipinski definition) is 3. The van der Waals surface area contributed by atoms with Gasteiger partial charge in [-0.2, -0.15) is 5.10 Å². The van der Waals surface area contributed by atoms with E-state index in [1.807, 2.05) is 41.5 Å². The minimum Gasteiger partial charge on any atom is -0.326 e. The highest BCUT2D eigenvalue weighted by Crippen LogP contribution is 2.31. The molecule has 1 saturated carbocycles. The molecule has 1 aromatic carbocycles. The monoisotopic (exact) mass is 455 g/mol. The molecule has 2 aromatic rings. The lowest BCUT2D eigenvalue weighted by Gasteiger charge is -2.23. The zero-order valence-corrected chi connectivity index (χ0v) is 20.1. The molecule has 4 nitrogen and oxygen atoms in total. The molecule has 1 aliphatic rings. The summed E-state index contributed by atoms with van der Waals surface area (Å²) in [6.45, 7) is 11.5. The van der Waals surface area contributed by atoms with Crippen LogP contribution in [0.15, 0.2) is 18.3 Å². The van der Waals surface area contributed by atoms with E-state index in [1.165, 1.54) is 25.5 Å². The number of hydrogen-bond donors (Lipinski definition) is 1. The number of nitrogens with two attached hydrogens (primary N) is 1. The fraction of sp³-hybridized carbons (Fsp3) is 0.522. The molecular formula is C23H33F3N3OP. The van der Waals surface area contributed by atoms with Crippen LogP contribution in [0.1, 0.15) is 66.4 Å². The molecule has 0 spiro atoms. The van der Waals surface area contributed by atoms with Crippen molar-refractivity contribution >= 4 is 8.46 Å². The molecule has 1 fully saturated rings. The van der Waals surface area contributed by atoms with E-state index in [2.05, 4.69) is 17.9 Å². The highest BCUT2D eigenvalue weighted by atomic mass is 31.1. The minimum absolute atomic E-state index is 0.0417. The summed E-state index contributed by atoms with van der Waals surface area (Å²) < 4.78 is 51.9. The predicted molar refractivity (Wildman–Crippen MR) is 122 cm³/mol. The predicted octanol–water partition coefficient (Wildman–Crippen LogP) is 6.68. The Morgan fingerprint density at radius 3 is 1.81 bits per heavy atom. The van der Waals surface area contributed by atoms with E-state index in [1.54, 1.807) is 4.68 Å². The van der Waals surface area contributed by atoms with E-state index < -0.39 is 23.0 Å². The molecule has 2 N–H and O–H groups in total. The average Bonchev–Trinajstić information content (AvgIpc) is 3.51. The van der Waals surface area contributed by atoms with Crippen molar-refractivity contribution in [2.45, 2.75) is 78.0 Å². The van der Waals surface area contributed by atoms with Gasteiger partial charge in [0, 0.05) is 28.9 Å². The molecule has 0 saturated heterocycles. The third-order valence-electron chi connectivity index (χ3n) is 3.59. The van der Waals surface area contributed by atoms with Crippen LogP contribution in [0.2, 0.25) is 0 Å². The zero-order valence-electron chi connectivity index (χ0n) is 19.2. The molecule has 0 aliphatic heterocycles. The van der Waals surface area contributed by atoms with E-state index in [9.17, 15) is 17.7 Å². The lowest BCUT2D eigenvalue weighted by Crippen LogP contribution is -2.24. The Kier molecular flexibility index (Phi) is 11.8. The second kappa shape index (κ2) is 12.6. The van der Waals surface area contributed by atoms with Gasteiger partial charge < -0.3 is 5.73 Å². The molecule has 0 radical (unpaired) electrons. The van der Waals surface area contributed by atoms with E-state index in [0.29, 0.717) is 17.3 Å². The van der Waals surface area contributed by atoms with Crippen LogP contribution >= 0.6 is 8.46 Å². The molecule has 0 bridgehead atoms. The van der Waals surface area contributed by atoms with Gasteiger partial charge in [-0.15, -0.1) is 12.8 Å². The topological polar surface area (TPSA) is 60.9 Å². The van der Waals surface area contributed by atoms with Gasteiger partial charge in [-0.1, -0.05) is 19.3 Å². The summed E-state index contributed by atoms with van der Waals surface area (Å²) in [5, 5.41) is 4.14. The molecule has 3 rings (SSSR count). The Morgan fingerprint density at radius 1 is 1.00 bits per heavy atom. The molecule has 0 atom stereocenters. The van der Waals surface area contributed by atoms with Gasteiger partial charge in [0.25, 0.3) is 0 Å². The molecule has 31 heavy (non-hydrogen) atoms. The summed E-state index contributed by atoms with van der Waals surface area (Å²) in [5.74, 6) is -3.17. The maximum absolute atomic E-state index is 14.0. The first kappa shape index (κ1) is 28.8. The summed E-state index contributed by atoms with van der Waals surface area (Å²) in [5.41, 5.74) is 6.08. The van der Waals surface area contributed by atoms with Crippen LogP contribution < -0.4 is 5.73 Å². The van der Waals surface area contributed by atoms with Crippen LogP contribution in [-0.2, 0) is 16.6 Å². The Hall–Kier alpha value is -2.16. The summed E-state index contributed by atoms with van der Waals surface area (Å²) in [4.78, 5) is 0. The third-order valence-corrected chi connectivity index (χ3v) is 4.14. The first-order valence-corrected chi connectivity index (χ1v) is 10.7. The smallest absolute Gasteiger partial charge is 0.161 e. The van der Waals surface area contributed by atoms with Gasteiger partial charge in [-0.3, -0.25) is 9.25 Å². The number of halogens is 3. The molecule has 0 amide bonds. The van der Waals surface area contributed by atoms with Gasteiger partial charge in [-0.05, 0) is 47.6 Å². The van der Waals surface area contributed by atoms with Crippen molar-refractivity contribution in [1.29, 1.82) is 0 Å². The van der Waals surface area contributed by atoms with Gasteiger partial charge in [-0.25, -0.2) is 13.2 Å². The van der Waals surface area contributed by atoms with Crippen molar-refractivity contribution in [2.75, 3.05) is 0 Å². The number of nitrogens with zero attached hydrogens (tertiary/aromatic N) is 2. The number of benzene rings is 1. The van der Waals surface area contributed by atoms with Crippen LogP contribution in [0.25, 0.3) is 11.3 Å². The van der Waals surface area contributed by atoms with Crippen LogP contribution in [0.5, 0.6) is 0 Å². The van der Waals surface area contributed by atoms with E-state index >= 15 is 0 Å². The molecule has 8 heteroatoms. The summed E-state index contributed by atoms with van der Waals surface area (Å²) in [6.07, 6.45) is 14.0. The Balaban J connectivity index is 0.000000675. The summed E-state index contributed by atoms with van der Waals surface area (Å²) in [7, 11) is 0.225. The van der Waals surface area contributed by atoms with Gasteiger partial charge in [0.15, 0.2) is 20.1 Å². The van der Waals surface area contributed by atoms with Crippen LogP contribution in [0.4, 0.5) is 13.2 Å². The Morgan fingerprint density at radius 2 is 1.45 bits per heavy atom. The first-order valence-electron chi connectivity index (χ1n) is 9.92. The summed E-state index contributed by atoms with van der Waals surface area (Å²) in [6, 6.07) is 1.37. The van der Waals surface area contributed by atoms with Gasteiger partial charge in [0.2, 0.25) is 0 Å². The highest BCUT2D eigenvalue weighted by molar-refractivity contribution is 7.25. The molecule has 1 heterocycles. The maximum Gasteiger partial charge on any atom is 0.161 e. The van der Waals surface area contributed by atoms with Crippen molar-refractivity contribution in [2.24, 2.45) is 5.73 Å². The van der Waals surface area contributed by atoms with E-state index in [0.717, 1.165) is 6.07 Å². The summed E-state index contributed by atoms with van der Waals surface area (Å²) >= 11 is 0. The third kappa shape index (κ3) is 10.1. The normalized spacial score (nSPS) is 12.5. The van der Waals surface area contributed by atoms with E-state index in [-0.39, 0.29) is 25.7 Å². The van der Waals surface area contributed by atoms with Gasteiger partial charge in [0.05, 0.1) is 17.4 Å².